The van der Waals surface area contributed by atoms with Crippen LogP contribution in [0.25, 0.3) is 0 Å². The van der Waals surface area contributed by atoms with Crippen LogP contribution in [-0.2, 0) is 4.74 Å². The predicted molar refractivity (Wildman–Crippen MR) is 81.2 cm³/mol. The van der Waals surface area contributed by atoms with Crippen molar-refractivity contribution < 1.29 is 9.53 Å². The minimum atomic E-state index is -0.309. The summed E-state index contributed by atoms with van der Waals surface area (Å²) >= 11 is 0. The first kappa shape index (κ1) is 13.9. The van der Waals surface area contributed by atoms with Gasteiger partial charge < -0.3 is 14.5 Å². The summed E-state index contributed by atoms with van der Waals surface area (Å²) in [7, 11) is 0. The molecule has 0 saturated carbocycles. The van der Waals surface area contributed by atoms with Crippen LogP contribution < -0.4 is 4.90 Å². The topological polar surface area (TPSA) is 45.7 Å². The molecule has 2 saturated heterocycles. The molecule has 0 amide bonds. The lowest BCUT2D eigenvalue weighted by Crippen LogP contribution is -2.26. The summed E-state index contributed by atoms with van der Waals surface area (Å²) in [6.45, 7) is 10.3. The molecule has 2 fully saturated rings. The molecule has 0 aliphatic carbocycles. The quantitative estimate of drug-likeness (QED) is 0.790. The van der Waals surface area contributed by atoms with Gasteiger partial charge in [-0.2, -0.15) is 0 Å². The van der Waals surface area contributed by atoms with Crippen LogP contribution in [0.2, 0.25) is 0 Å². The molecule has 5 nitrogen and oxygen atoms in total. The molecule has 2 unspecified atom stereocenters. The van der Waals surface area contributed by atoms with Crippen LogP contribution in [0.15, 0.2) is 31.1 Å². The normalized spacial score (nSPS) is 24.0. The Morgan fingerprint density at radius 3 is 2.62 bits per heavy atom. The molecule has 0 radical (unpaired) electrons. The van der Waals surface area contributed by atoms with Crippen LogP contribution >= 0.6 is 0 Å². The SMILES string of the molecule is C=CN1CC2CN(c3ccc(C(=O)OCC)cn3)CC2C1. The maximum Gasteiger partial charge on any atom is 0.339 e. The maximum absolute atomic E-state index is 11.6. The van der Waals surface area contributed by atoms with Gasteiger partial charge >= 0.3 is 5.97 Å². The fraction of sp³-hybridized carbons (Fsp3) is 0.500. The zero-order chi connectivity index (χ0) is 14.8. The molecular weight excluding hydrogens is 266 g/mol. The first-order valence-corrected chi connectivity index (χ1v) is 7.46. The number of ether oxygens (including phenoxy) is 1. The number of esters is 1. The molecule has 2 aliphatic heterocycles. The van der Waals surface area contributed by atoms with Gasteiger partial charge in [-0.15, -0.1) is 0 Å². The first-order valence-electron chi connectivity index (χ1n) is 7.46. The second kappa shape index (κ2) is 5.76. The van der Waals surface area contributed by atoms with Crippen LogP contribution in [0.5, 0.6) is 0 Å². The first-order chi connectivity index (χ1) is 10.2. The molecule has 0 spiro atoms. The molecule has 2 aliphatic rings. The third kappa shape index (κ3) is 2.73. The van der Waals surface area contributed by atoms with E-state index in [-0.39, 0.29) is 5.97 Å². The Hall–Kier alpha value is -2.04. The van der Waals surface area contributed by atoms with E-state index in [2.05, 4.69) is 21.4 Å². The highest BCUT2D eigenvalue weighted by Gasteiger charge is 2.39. The number of nitrogens with zero attached hydrogens (tertiary/aromatic N) is 3. The summed E-state index contributed by atoms with van der Waals surface area (Å²) in [5, 5.41) is 0. The third-order valence-electron chi connectivity index (χ3n) is 4.36. The van der Waals surface area contributed by atoms with Gasteiger partial charge in [0.1, 0.15) is 5.82 Å². The maximum atomic E-state index is 11.6. The average Bonchev–Trinajstić information content (AvgIpc) is 3.05. The Morgan fingerprint density at radius 1 is 1.38 bits per heavy atom. The fourth-order valence-electron chi connectivity index (χ4n) is 3.27. The number of hydrogen-bond donors (Lipinski definition) is 0. The minimum Gasteiger partial charge on any atom is -0.462 e. The van der Waals surface area contributed by atoms with E-state index in [0.717, 1.165) is 32.0 Å². The zero-order valence-electron chi connectivity index (χ0n) is 12.4. The largest absolute Gasteiger partial charge is 0.462 e. The highest BCUT2D eigenvalue weighted by Crippen LogP contribution is 2.33. The second-order valence-corrected chi connectivity index (χ2v) is 5.69. The van der Waals surface area contributed by atoms with Gasteiger partial charge in [0.15, 0.2) is 0 Å². The van der Waals surface area contributed by atoms with Crippen LogP contribution in [0.4, 0.5) is 5.82 Å². The van der Waals surface area contributed by atoms with E-state index in [9.17, 15) is 4.79 Å². The van der Waals surface area contributed by atoms with Gasteiger partial charge in [0.25, 0.3) is 0 Å². The summed E-state index contributed by atoms with van der Waals surface area (Å²) in [5.41, 5.74) is 0.512. The lowest BCUT2D eigenvalue weighted by molar-refractivity contribution is 0.0526. The van der Waals surface area contributed by atoms with E-state index >= 15 is 0 Å². The minimum absolute atomic E-state index is 0.309. The summed E-state index contributed by atoms with van der Waals surface area (Å²) in [5.74, 6) is 2.02. The molecule has 5 heteroatoms. The van der Waals surface area contributed by atoms with Crippen molar-refractivity contribution in [2.75, 3.05) is 37.7 Å². The predicted octanol–water partition coefficient (Wildman–Crippen LogP) is 1.77. The Labute approximate surface area is 125 Å². The number of likely N-dealkylation sites (tertiary alicyclic amines) is 1. The molecule has 2 atom stereocenters. The number of hydrogen-bond acceptors (Lipinski definition) is 5. The van der Waals surface area contributed by atoms with Crippen LogP contribution in [0, 0.1) is 11.8 Å². The van der Waals surface area contributed by atoms with Crippen molar-refractivity contribution in [2.24, 2.45) is 11.8 Å². The molecular formula is C16H21N3O2. The lowest BCUT2D eigenvalue weighted by Gasteiger charge is -2.21. The zero-order valence-corrected chi connectivity index (χ0v) is 12.4. The molecule has 0 aromatic carbocycles. The Balaban J connectivity index is 1.64. The number of fused-ring (bicyclic) bond motifs is 1. The molecule has 3 rings (SSSR count). The summed E-state index contributed by atoms with van der Waals surface area (Å²) in [6, 6.07) is 3.71. The number of anilines is 1. The Bertz CT molecular complexity index is 515. The second-order valence-electron chi connectivity index (χ2n) is 5.69. The van der Waals surface area contributed by atoms with Gasteiger partial charge in [-0.25, -0.2) is 9.78 Å². The van der Waals surface area contributed by atoms with Crippen molar-refractivity contribution in [3.8, 4) is 0 Å². The van der Waals surface area contributed by atoms with E-state index in [1.165, 1.54) is 0 Å². The van der Waals surface area contributed by atoms with Crippen LogP contribution in [-0.4, -0.2) is 48.6 Å². The highest BCUT2D eigenvalue weighted by atomic mass is 16.5. The van der Waals surface area contributed by atoms with Crippen molar-refractivity contribution in [1.29, 1.82) is 0 Å². The number of aromatic nitrogens is 1. The Kier molecular flexibility index (Phi) is 3.82. The van der Waals surface area contributed by atoms with Crippen LogP contribution in [0.3, 0.4) is 0 Å². The third-order valence-corrected chi connectivity index (χ3v) is 4.36. The van der Waals surface area contributed by atoms with Gasteiger partial charge in [0.05, 0.1) is 12.2 Å². The number of carbonyl (C=O) groups excluding carboxylic acids is 1. The highest BCUT2D eigenvalue weighted by molar-refractivity contribution is 5.89. The van der Waals surface area contributed by atoms with Gasteiger partial charge in [-0.3, -0.25) is 0 Å². The summed E-state index contributed by atoms with van der Waals surface area (Å²) in [6.07, 6.45) is 3.55. The van der Waals surface area contributed by atoms with Gasteiger partial charge in [0, 0.05) is 44.2 Å². The van der Waals surface area contributed by atoms with Gasteiger partial charge in [0.2, 0.25) is 0 Å². The lowest BCUT2D eigenvalue weighted by atomic mass is 10.0. The summed E-state index contributed by atoms with van der Waals surface area (Å²) < 4.78 is 4.97. The van der Waals surface area contributed by atoms with E-state index < -0.39 is 0 Å². The standard InChI is InChI=1S/C16H21N3O2/c1-3-18-8-13-10-19(11-14(13)9-18)15-6-5-12(7-17-15)16(20)21-4-2/h3,5-7,13-14H,1,4,8-11H2,2H3. The van der Waals surface area contributed by atoms with Crippen molar-refractivity contribution in [1.82, 2.24) is 9.88 Å². The van der Waals surface area contributed by atoms with Gasteiger partial charge in [-0.1, -0.05) is 6.58 Å². The van der Waals surface area contributed by atoms with E-state index in [1.807, 2.05) is 12.3 Å². The number of carbonyl (C=O) groups is 1. The van der Waals surface area contributed by atoms with Gasteiger partial charge in [-0.05, 0) is 25.3 Å². The van der Waals surface area contributed by atoms with Crippen LogP contribution in [0.1, 0.15) is 17.3 Å². The molecule has 21 heavy (non-hydrogen) atoms. The molecule has 1 aromatic rings. The Morgan fingerprint density at radius 2 is 2.10 bits per heavy atom. The van der Waals surface area contributed by atoms with E-state index in [0.29, 0.717) is 24.0 Å². The smallest absolute Gasteiger partial charge is 0.339 e. The molecule has 3 heterocycles. The molecule has 0 N–H and O–H groups in total. The summed E-state index contributed by atoms with van der Waals surface area (Å²) in [4.78, 5) is 20.6. The molecule has 1 aromatic heterocycles. The fourth-order valence-corrected chi connectivity index (χ4v) is 3.27. The van der Waals surface area contributed by atoms with Crippen molar-refractivity contribution in [3.05, 3.63) is 36.7 Å². The average molecular weight is 287 g/mol. The molecule has 112 valence electrons. The van der Waals surface area contributed by atoms with E-state index in [4.69, 9.17) is 4.74 Å². The van der Waals surface area contributed by atoms with Crippen molar-refractivity contribution in [2.45, 2.75) is 6.92 Å². The number of pyridine rings is 1. The van der Waals surface area contributed by atoms with Crippen molar-refractivity contribution in [3.63, 3.8) is 0 Å². The van der Waals surface area contributed by atoms with E-state index in [1.54, 1.807) is 19.2 Å². The molecule has 0 bridgehead atoms. The van der Waals surface area contributed by atoms with Crippen molar-refractivity contribution >= 4 is 11.8 Å². The number of rotatable bonds is 4. The monoisotopic (exact) mass is 287 g/mol.